The Morgan fingerprint density at radius 1 is 0.951 bits per heavy atom. The van der Waals surface area contributed by atoms with Gasteiger partial charge in [-0.1, -0.05) is 42.5 Å². The Hall–Kier alpha value is -4.59. The van der Waals surface area contributed by atoms with E-state index in [-0.39, 0.29) is 17.8 Å². The Balaban J connectivity index is 1.07. The quantitative estimate of drug-likeness (QED) is 0.188. The molecule has 0 spiro atoms. The van der Waals surface area contributed by atoms with Crippen molar-refractivity contribution in [1.82, 2.24) is 9.97 Å². The van der Waals surface area contributed by atoms with E-state index in [1.54, 1.807) is 0 Å². The summed E-state index contributed by atoms with van der Waals surface area (Å²) in [5, 5.41) is 0. The topological polar surface area (TPSA) is 90.8 Å². The highest BCUT2D eigenvalue weighted by atomic mass is 16.5. The van der Waals surface area contributed by atoms with Crippen LogP contribution in [0.2, 0.25) is 0 Å². The second-order valence-corrected chi connectivity index (χ2v) is 10.3. The van der Waals surface area contributed by atoms with E-state index < -0.39 is 0 Å². The molecule has 1 saturated heterocycles. The summed E-state index contributed by atoms with van der Waals surface area (Å²) in [4.78, 5) is 24.2. The van der Waals surface area contributed by atoms with Gasteiger partial charge in [-0.25, -0.2) is 4.98 Å². The van der Waals surface area contributed by atoms with Gasteiger partial charge >= 0.3 is 5.97 Å². The summed E-state index contributed by atoms with van der Waals surface area (Å²) < 4.78 is 23.3. The first kappa shape index (κ1) is 26.6. The van der Waals surface area contributed by atoms with Crippen molar-refractivity contribution in [1.29, 1.82) is 0 Å². The van der Waals surface area contributed by atoms with Crippen LogP contribution in [-0.4, -0.2) is 42.2 Å². The van der Waals surface area contributed by atoms with Crippen LogP contribution in [0, 0.1) is 18.8 Å². The lowest BCUT2D eigenvalue weighted by molar-refractivity contribution is -0.148. The number of aromatic nitrogens is 2. The molecule has 0 aliphatic carbocycles. The number of oxazole rings is 2. The lowest BCUT2D eigenvalue weighted by atomic mass is 9.90. The number of anilines is 1. The summed E-state index contributed by atoms with van der Waals surface area (Å²) in [6, 6.07) is 26.2. The minimum absolute atomic E-state index is 0.0739. The van der Waals surface area contributed by atoms with Gasteiger partial charge < -0.3 is 23.2 Å². The highest BCUT2D eigenvalue weighted by Gasteiger charge is 2.40. The average molecular weight is 552 g/mol. The molecule has 2 aromatic heterocycles. The van der Waals surface area contributed by atoms with E-state index in [1.165, 1.54) is 0 Å². The fourth-order valence-corrected chi connectivity index (χ4v) is 5.40. The summed E-state index contributed by atoms with van der Waals surface area (Å²) >= 11 is 0. The molecule has 41 heavy (non-hydrogen) atoms. The number of benzene rings is 3. The molecule has 6 rings (SSSR count). The number of esters is 1. The normalized spacial score (nSPS) is 16.8. The molecular formula is C33H33N3O5. The summed E-state index contributed by atoms with van der Waals surface area (Å²) in [6.07, 6.45) is 1.39. The van der Waals surface area contributed by atoms with Crippen molar-refractivity contribution < 1.29 is 23.1 Å². The lowest BCUT2D eigenvalue weighted by Crippen LogP contribution is -2.26. The number of ether oxygens (including phenoxy) is 2. The molecule has 3 aromatic carbocycles. The van der Waals surface area contributed by atoms with Gasteiger partial charge in [0, 0.05) is 25.1 Å². The van der Waals surface area contributed by atoms with E-state index in [9.17, 15) is 4.79 Å². The van der Waals surface area contributed by atoms with E-state index in [0.717, 1.165) is 45.9 Å². The van der Waals surface area contributed by atoms with Crippen molar-refractivity contribution in [3.8, 4) is 17.2 Å². The molecule has 5 aromatic rings. The monoisotopic (exact) mass is 551 g/mol. The molecule has 2 atom stereocenters. The molecule has 8 heteroatoms. The van der Waals surface area contributed by atoms with E-state index >= 15 is 0 Å². The van der Waals surface area contributed by atoms with Crippen LogP contribution >= 0.6 is 0 Å². The van der Waals surface area contributed by atoms with Crippen molar-refractivity contribution >= 4 is 23.1 Å². The summed E-state index contributed by atoms with van der Waals surface area (Å²) in [5.74, 6) is 1.87. The van der Waals surface area contributed by atoms with E-state index in [2.05, 4.69) is 27.0 Å². The summed E-state index contributed by atoms with van der Waals surface area (Å²) in [7, 11) is 0. The molecule has 3 heterocycles. The third-order valence-corrected chi connectivity index (χ3v) is 7.53. The van der Waals surface area contributed by atoms with Gasteiger partial charge in [0.1, 0.15) is 17.0 Å². The molecule has 1 fully saturated rings. The molecule has 0 bridgehead atoms. The fraction of sp³-hybridized carbons (Fsp3) is 0.303. The zero-order valence-corrected chi connectivity index (χ0v) is 23.3. The Morgan fingerprint density at radius 2 is 1.73 bits per heavy atom. The van der Waals surface area contributed by atoms with Gasteiger partial charge in [-0.15, -0.1) is 0 Å². The van der Waals surface area contributed by atoms with Gasteiger partial charge in [0.05, 0.1) is 24.8 Å². The van der Waals surface area contributed by atoms with E-state index in [1.807, 2.05) is 80.6 Å². The Morgan fingerprint density at radius 3 is 2.51 bits per heavy atom. The van der Waals surface area contributed by atoms with Gasteiger partial charge in [0.25, 0.3) is 6.01 Å². The number of nitrogens with zero attached hydrogens (tertiary/aromatic N) is 3. The van der Waals surface area contributed by atoms with E-state index in [4.69, 9.17) is 18.3 Å². The van der Waals surface area contributed by atoms with Crippen LogP contribution in [0.3, 0.4) is 0 Å². The van der Waals surface area contributed by atoms with Gasteiger partial charge in [-0.2, -0.15) is 4.98 Å². The maximum atomic E-state index is 12.9. The third-order valence-electron chi connectivity index (χ3n) is 7.53. The second kappa shape index (κ2) is 11.9. The van der Waals surface area contributed by atoms with Crippen molar-refractivity contribution in [2.45, 2.75) is 26.7 Å². The molecule has 8 nitrogen and oxygen atoms in total. The zero-order valence-electron chi connectivity index (χ0n) is 23.3. The number of hydrogen-bond donors (Lipinski definition) is 0. The predicted octanol–water partition coefficient (Wildman–Crippen LogP) is 6.27. The van der Waals surface area contributed by atoms with Crippen LogP contribution in [0.15, 0.2) is 87.7 Å². The number of carbonyl (C=O) groups is 1. The Labute approximate surface area is 238 Å². The minimum atomic E-state index is -0.257. The first-order valence-electron chi connectivity index (χ1n) is 14.1. The van der Waals surface area contributed by atoms with Crippen molar-refractivity contribution in [3.63, 3.8) is 0 Å². The van der Waals surface area contributed by atoms with Crippen molar-refractivity contribution in [2.75, 3.05) is 31.2 Å². The standard InChI is InChI=1S/C33H33N3O5/c1-3-38-32(37)27-21-36(33-35-29-11-7-8-12-30(29)41-33)20-25(27)19-23-13-15-26(16-14-23)39-18-17-28-22(2)40-31(34-28)24-9-5-4-6-10-24/h4-16,25,27H,3,17-21H2,1-2H3/t25-,27+/m1/s1. The molecule has 0 radical (unpaired) electrons. The molecule has 1 aliphatic heterocycles. The third kappa shape index (κ3) is 5.96. The fourth-order valence-electron chi connectivity index (χ4n) is 5.40. The molecular weight excluding hydrogens is 518 g/mol. The maximum Gasteiger partial charge on any atom is 0.311 e. The summed E-state index contributed by atoms with van der Waals surface area (Å²) in [5.41, 5.74) is 4.54. The predicted molar refractivity (Wildman–Crippen MR) is 156 cm³/mol. The van der Waals surface area contributed by atoms with Crippen molar-refractivity contribution in [3.05, 3.63) is 95.9 Å². The average Bonchev–Trinajstić information content (AvgIpc) is 3.71. The maximum absolute atomic E-state index is 12.9. The van der Waals surface area contributed by atoms with Crippen LogP contribution in [0.25, 0.3) is 22.6 Å². The van der Waals surface area contributed by atoms with Crippen LogP contribution in [0.4, 0.5) is 6.01 Å². The number of aryl methyl sites for hydroxylation is 1. The number of hydrogen-bond acceptors (Lipinski definition) is 8. The molecule has 0 saturated carbocycles. The van der Waals surface area contributed by atoms with Gasteiger partial charge in [0.15, 0.2) is 5.58 Å². The number of rotatable bonds is 10. The molecule has 0 unspecified atom stereocenters. The molecule has 1 aliphatic rings. The van der Waals surface area contributed by atoms with Crippen LogP contribution in [-0.2, 0) is 22.4 Å². The van der Waals surface area contributed by atoms with Crippen LogP contribution in [0.5, 0.6) is 5.75 Å². The molecule has 0 N–H and O–H groups in total. The number of fused-ring (bicyclic) bond motifs is 1. The highest BCUT2D eigenvalue weighted by molar-refractivity contribution is 5.76. The Bertz CT molecular complexity index is 1580. The van der Waals surface area contributed by atoms with Crippen LogP contribution < -0.4 is 9.64 Å². The first-order valence-corrected chi connectivity index (χ1v) is 14.1. The smallest absolute Gasteiger partial charge is 0.311 e. The highest BCUT2D eigenvalue weighted by Crippen LogP contribution is 2.33. The number of carbonyl (C=O) groups excluding carboxylic acids is 1. The largest absolute Gasteiger partial charge is 0.493 e. The van der Waals surface area contributed by atoms with Crippen LogP contribution in [0.1, 0.15) is 23.9 Å². The lowest BCUT2D eigenvalue weighted by Gasteiger charge is -2.17. The molecule has 210 valence electrons. The second-order valence-electron chi connectivity index (χ2n) is 10.3. The van der Waals surface area contributed by atoms with Gasteiger partial charge in [-0.3, -0.25) is 4.79 Å². The van der Waals surface area contributed by atoms with Gasteiger partial charge in [-0.05, 0) is 68.1 Å². The SMILES string of the molecule is CCOC(=O)[C@H]1CN(c2nc3ccccc3o2)C[C@H]1Cc1ccc(OCCc2nc(-c3ccccc3)oc2C)cc1. The number of para-hydroxylation sites is 2. The van der Waals surface area contributed by atoms with Crippen molar-refractivity contribution in [2.24, 2.45) is 11.8 Å². The summed E-state index contributed by atoms with van der Waals surface area (Å²) in [6.45, 7) is 5.81. The van der Waals surface area contributed by atoms with Gasteiger partial charge in [0.2, 0.25) is 5.89 Å². The zero-order chi connectivity index (χ0) is 28.2. The molecule has 0 amide bonds. The first-order chi connectivity index (χ1) is 20.1. The van der Waals surface area contributed by atoms with E-state index in [0.29, 0.717) is 44.6 Å². The Kier molecular flexibility index (Phi) is 7.71. The minimum Gasteiger partial charge on any atom is -0.493 e.